The Labute approximate surface area is 243 Å². The zero-order chi connectivity index (χ0) is 28.5. The molecule has 1 heterocycles. The molecular formula is C30H32Cl2N2O4S. The zero-order valence-corrected chi connectivity index (χ0v) is 25.0. The molecule has 206 valence electrons. The first-order valence-corrected chi connectivity index (χ1v) is 14.3. The molecule has 39 heavy (non-hydrogen) atoms. The van der Waals surface area contributed by atoms with Crippen LogP contribution in [0.5, 0.6) is 0 Å². The SMILES string of the molecule is COC(CCc1cccc2c1CCc1sc(NC(=O)c3cc(Cl)c(C=C(C)C(=O)O)c(Cl)c3)nc1-2)C(C)(C)C. The van der Waals surface area contributed by atoms with Gasteiger partial charge in [-0.15, -0.1) is 11.3 Å². The van der Waals surface area contributed by atoms with E-state index in [1.165, 1.54) is 47.6 Å². The number of ether oxygens (including phenoxy) is 1. The molecule has 3 aromatic rings. The smallest absolute Gasteiger partial charge is 0.331 e. The van der Waals surface area contributed by atoms with E-state index in [0.717, 1.165) is 41.8 Å². The molecule has 2 N–H and O–H groups in total. The van der Waals surface area contributed by atoms with Crippen LogP contribution in [0.15, 0.2) is 35.9 Å². The van der Waals surface area contributed by atoms with E-state index in [4.69, 9.17) is 38.0 Å². The van der Waals surface area contributed by atoms with Crippen LogP contribution in [0.2, 0.25) is 10.0 Å². The lowest BCUT2D eigenvalue weighted by Gasteiger charge is -2.30. The summed E-state index contributed by atoms with van der Waals surface area (Å²) < 4.78 is 5.77. The van der Waals surface area contributed by atoms with Crippen molar-refractivity contribution in [1.82, 2.24) is 4.98 Å². The summed E-state index contributed by atoms with van der Waals surface area (Å²) in [5.41, 5.74) is 5.44. The summed E-state index contributed by atoms with van der Waals surface area (Å²) in [6, 6.07) is 9.32. The van der Waals surface area contributed by atoms with E-state index in [9.17, 15) is 9.59 Å². The van der Waals surface area contributed by atoms with Crippen LogP contribution in [-0.2, 0) is 28.8 Å². The Morgan fingerprint density at radius 2 is 1.90 bits per heavy atom. The van der Waals surface area contributed by atoms with Gasteiger partial charge in [0.25, 0.3) is 5.91 Å². The van der Waals surface area contributed by atoms with E-state index in [-0.39, 0.29) is 32.7 Å². The number of carbonyl (C=O) groups excluding carboxylic acids is 1. The number of anilines is 1. The van der Waals surface area contributed by atoms with E-state index in [1.54, 1.807) is 7.11 Å². The Morgan fingerprint density at radius 1 is 1.21 bits per heavy atom. The normalized spacial score (nSPS) is 14.0. The first-order valence-electron chi connectivity index (χ1n) is 12.7. The van der Waals surface area contributed by atoms with Crippen LogP contribution in [0, 0.1) is 5.41 Å². The summed E-state index contributed by atoms with van der Waals surface area (Å²) >= 11 is 14.2. The van der Waals surface area contributed by atoms with E-state index in [2.05, 4.69) is 44.3 Å². The van der Waals surface area contributed by atoms with Gasteiger partial charge in [-0.3, -0.25) is 10.1 Å². The van der Waals surface area contributed by atoms with Gasteiger partial charge < -0.3 is 9.84 Å². The Balaban J connectivity index is 1.54. The van der Waals surface area contributed by atoms with Crippen LogP contribution in [0.4, 0.5) is 5.13 Å². The molecule has 0 spiro atoms. The third-order valence-electron chi connectivity index (χ3n) is 7.01. The number of carboxylic acid groups (broad SMARTS) is 1. The fourth-order valence-electron chi connectivity index (χ4n) is 4.90. The van der Waals surface area contributed by atoms with Crippen molar-refractivity contribution in [2.45, 2.75) is 59.5 Å². The van der Waals surface area contributed by atoms with Gasteiger partial charge in [0.15, 0.2) is 5.13 Å². The van der Waals surface area contributed by atoms with Gasteiger partial charge in [0.05, 0.1) is 21.8 Å². The molecule has 1 atom stereocenters. The van der Waals surface area contributed by atoms with Crippen LogP contribution in [0.25, 0.3) is 17.3 Å². The first-order chi connectivity index (χ1) is 18.4. The molecule has 6 nitrogen and oxygen atoms in total. The number of nitrogens with zero attached hydrogens (tertiary/aromatic N) is 1. The Kier molecular flexibility index (Phi) is 8.86. The van der Waals surface area contributed by atoms with Crippen molar-refractivity contribution in [1.29, 1.82) is 0 Å². The number of aliphatic carboxylic acids is 1. The Morgan fingerprint density at radius 3 is 2.51 bits per heavy atom. The van der Waals surface area contributed by atoms with Crippen LogP contribution in [0.3, 0.4) is 0 Å². The Hall–Kier alpha value is -2.71. The maximum Gasteiger partial charge on any atom is 0.331 e. The van der Waals surface area contributed by atoms with Crippen LogP contribution in [0.1, 0.15) is 66.0 Å². The average molecular weight is 588 g/mol. The van der Waals surface area contributed by atoms with Crippen molar-refractivity contribution in [2.75, 3.05) is 12.4 Å². The van der Waals surface area contributed by atoms with Gasteiger partial charge in [-0.2, -0.15) is 0 Å². The van der Waals surface area contributed by atoms with Crippen LogP contribution >= 0.6 is 34.5 Å². The van der Waals surface area contributed by atoms with Gasteiger partial charge in [-0.25, -0.2) is 9.78 Å². The molecule has 1 aliphatic carbocycles. The van der Waals surface area contributed by atoms with E-state index in [0.29, 0.717) is 10.7 Å². The van der Waals surface area contributed by atoms with Crippen molar-refractivity contribution in [3.63, 3.8) is 0 Å². The van der Waals surface area contributed by atoms with Gasteiger partial charge in [-0.05, 0) is 67.4 Å². The number of fused-ring (bicyclic) bond motifs is 3. The van der Waals surface area contributed by atoms with Crippen molar-refractivity contribution in [2.24, 2.45) is 5.41 Å². The molecule has 1 aromatic heterocycles. The molecule has 0 aliphatic heterocycles. The molecule has 2 aromatic carbocycles. The molecule has 0 saturated carbocycles. The minimum atomic E-state index is -1.07. The number of methoxy groups -OCH3 is 1. The molecular weight excluding hydrogens is 555 g/mol. The minimum Gasteiger partial charge on any atom is -0.478 e. The highest BCUT2D eigenvalue weighted by molar-refractivity contribution is 7.16. The van der Waals surface area contributed by atoms with Gasteiger partial charge in [-0.1, -0.05) is 62.2 Å². The molecule has 1 unspecified atom stereocenters. The number of amides is 1. The number of carboxylic acids is 1. The monoisotopic (exact) mass is 586 g/mol. The van der Waals surface area contributed by atoms with E-state index >= 15 is 0 Å². The molecule has 1 aliphatic rings. The first kappa shape index (κ1) is 29.3. The number of hydrogen-bond donors (Lipinski definition) is 2. The maximum absolute atomic E-state index is 13.0. The maximum atomic E-state index is 13.0. The highest BCUT2D eigenvalue weighted by Crippen LogP contribution is 2.40. The predicted molar refractivity (Wildman–Crippen MR) is 159 cm³/mol. The van der Waals surface area contributed by atoms with Gasteiger partial charge in [0.1, 0.15) is 0 Å². The second-order valence-electron chi connectivity index (χ2n) is 10.8. The number of hydrogen-bond acceptors (Lipinski definition) is 5. The number of benzene rings is 2. The number of carbonyl (C=O) groups is 2. The van der Waals surface area contributed by atoms with E-state index in [1.807, 2.05) is 0 Å². The number of halogens is 2. The third kappa shape index (κ3) is 6.55. The number of aryl methyl sites for hydroxylation is 2. The summed E-state index contributed by atoms with van der Waals surface area (Å²) in [4.78, 5) is 30.1. The van der Waals surface area contributed by atoms with Gasteiger partial charge in [0, 0.05) is 34.3 Å². The standard InChI is InChI=1S/C30H32Cl2N2O4S/c1-16(28(36)37)13-21-22(31)14-18(15-23(21)32)27(35)34-29-33-26-20-8-6-7-17(19(20)10-11-24(26)39-29)9-12-25(38-5)30(2,3)4/h6-8,13-15,25H,9-12H2,1-5H3,(H,36,37)(H,33,34,35). The highest BCUT2D eigenvalue weighted by Gasteiger charge is 2.27. The summed E-state index contributed by atoms with van der Waals surface area (Å²) in [6.07, 6.45) is 5.21. The van der Waals surface area contributed by atoms with E-state index < -0.39 is 11.9 Å². The fraction of sp³-hybridized carbons (Fsp3) is 0.367. The van der Waals surface area contributed by atoms with Crippen molar-refractivity contribution in [3.8, 4) is 11.3 Å². The average Bonchev–Trinajstić information content (AvgIpc) is 3.28. The molecule has 0 radical (unpaired) electrons. The number of aromatic nitrogens is 1. The molecule has 0 saturated heterocycles. The highest BCUT2D eigenvalue weighted by atomic mass is 35.5. The second-order valence-corrected chi connectivity index (χ2v) is 12.7. The summed E-state index contributed by atoms with van der Waals surface area (Å²) in [5.74, 6) is -1.47. The predicted octanol–water partition coefficient (Wildman–Crippen LogP) is 7.95. The largest absolute Gasteiger partial charge is 0.478 e. The lowest BCUT2D eigenvalue weighted by atomic mass is 9.83. The quantitative estimate of drug-likeness (QED) is 0.261. The molecule has 0 fully saturated rings. The number of rotatable bonds is 8. The Bertz CT molecular complexity index is 1430. The third-order valence-corrected chi connectivity index (χ3v) is 8.67. The fourth-order valence-corrected chi connectivity index (χ4v) is 6.47. The van der Waals surface area contributed by atoms with Crippen molar-refractivity contribution in [3.05, 3.63) is 73.1 Å². The summed E-state index contributed by atoms with van der Waals surface area (Å²) in [6.45, 7) is 8.05. The molecule has 4 rings (SSSR count). The van der Waals surface area contributed by atoms with Crippen molar-refractivity contribution >= 4 is 57.6 Å². The van der Waals surface area contributed by atoms with Crippen molar-refractivity contribution < 1.29 is 19.4 Å². The van der Waals surface area contributed by atoms with Gasteiger partial charge in [0.2, 0.25) is 0 Å². The summed E-state index contributed by atoms with van der Waals surface area (Å²) in [5, 5.41) is 12.9. The molecule has 1 amide bonds. The second kappa shape index (κ2) is 11.8. The molecule has 9 heteroatoms. The summed E-state index contributed by atoms with van der Waals surface area (Å²) in [7, 11) is 1.78. The van der Waals surface area contributed by atoms with Crippen LogP contribution < -0.4 is 5.32 Å². The lowest BCUT2D eigenvalue weighted by molar-refractivity contribution is -0.132. The van der Waals surface area contributed by atoms with Gasteiger partial charge >= 0.3 is 5.97 Å². The van der Waals surface area contributed by atoms with Crippen LogP contribution in [-0.4, -0.2) is 35.2 Å². The molecule has 0 bridgehead atoms. The lowest BCUT2D eigenvalue weighted by Crippen LogP contribution is -2.28. The number of nitrogens with one attached hydrogen (secondary N) is 1. The zero-order valence-electron chi connectivity index (χ0n) is 22.7. The number of thiazole rings is 1. The topological polar surface area (TPSA) is 88.5 Å². The minimum absolute atomic E-state index is 0.0711.